The number of rotatable bonds is 4. The summed E-state index contributed by atoms with van der Waals surface area (Å²) < 4.78 is 13.1. The van der Waals surface area contributed by atoms with Gasteiger partial charge in [-0.25, -0.2) is 4.39 Å². The van der Waals surface area contributed by atoms with Crippen molar-refractivity contribution in [1.82, 2.24) is 10.2 Å². The van der Waals surface area contributed by atoms with Crippen molar-refractivity contribution in [2.75, 3.05) is 6.54 Å². The maximum atomic E-state index is 13.1. The molecule has 0 aliphatic carbocycles. The van der Waals surface area contributed by atoms with Gasteiger partial charge in [-0.2, -0.15) is 0 Å². The summed E-state index contributed by atoms with van der Waals surface area (Å²) in [6.07, 6.45) is 0. The molecular weight excluding hydrogens is 331 g/mol. The fourth-order valence-electron chi connectivity index (χ4n) is 2.92. The second-order valence-corrected chi connectivity index (χ2v) is 5.94. The number of carbonyl (C=O) groups excluding carboxylic acids is 2. The van der Waals surface area contributed by atoms with E-state index in [1.54, 1.807) is 18.2 Å². The zero-order chi connectivity index (χ0) is 17.3. The number of amides is 2. The summed E-state index contributed by atoms with van der Waals surface area (Å²) in [5.74, 6) is -0.855. The molecule has 0 spiro atoms. The minimum absolute atomic E-state index is 0.145. The lowest BCUT2D eigenvalue weighted by Gasteiger charge is -2.23. The Hall–Kier alpha value is -2.40. The summed E-state index contributed by atoms with van der Waals surface area (Å²) in [5, 5.41) is 3.04. The molecule has 1 heterocycles. The Balaban J connectivity index is 1.80. The van der Waals surface area contributed by atoms with E-state index in [1.165, 1.54) is 23.1 Å². The van der Waals surface area contributed by atoms with Gasteiger partial charge in [0.15, 0.2) is 0 Å². The largest absolute Gasteiger partial charge is 0.350 e. The zero-order valence-electron chi connectivity index (χ0n) is 13.1. The van der Waals surface area contributed by atoms with Crippen LogP contribution in [0, 0.1) is 5.82 Å². The molecule has 0 saturated heterocycles. The second kappa shape index (κ2) is 6.61. The van der Waals surface area contributed by atoms with Gasteiger partial charge in [-0.3, -0.25) is 9.59 Å². The molecule has 0 fully saturated rings. The van der Waals surface area contributed by atoms with E-state index in [-0.39, 0.29) is 23.4 Å². The molecule has 24 heavy (non-hydrogen) atoms. The molecule has 0 aromatic heterocycles. The Bertz CT molecular complexity index is 809. The Labute approximate surface area is 144 Å². The van der Waals surface area contributed by atoms with E-state index < -0.39 is 11.9 Å². The molecule has 3 rings (SSSR count). The number of halogens is 2. The Kier molecular flexibility index (Phi) is 4.53. The van der Waals surface area contributed by atoms with Crippen molar-refractivity contribution < 1.29 is 14.0 Å². The van der Waals surface area contributed by atoms with Crippen LogP contribution in [0.15, 0.2) is 42.5 Å². The molecule has 1 N–H and O–H groups in total. The first kappa shape index (κ1) is 16.5. The van der Waals surface area contributed by atoms with Gasteiger partial charge < -0.3 is 10.2 Å². The quantitative estimate of drug-likeness (QED) is 0.923. The van der Waals surface area contributed by atoms with Crippen LogP contribution in [-0.4, -0.2) is 23.3 Å². The van der Waals surface area contributed by atoms with Crippen molar-refractivity contribution in [2.24, 2.45) is 0 Å². The van der Waals surface area contributed by atoms with Gasteiger partial charge in [0, 0.05) is 23.7 Å². The van der Waals surface area contributed by atoms with Crippen molar-refractivity contribution >= 4 is 23.4 Å². The van der Waals surface area contributed by atoms with Gasteiger partial charge >= 0.3 is 0 Å². The molecule has 2 aromatic carbocycles. The minimum atomic E-state index is -0.655. The summed E-state index contributed by atoms with van der Waals surface area (Å²) >= 11 is 5.98. The first-order chi connectivity index (χ1) is 11.5. The molecule has 0 radical (unpaired) electrons. The van der Waals surface area contributed by atoms with E-state index in [0.717, 1.165) is 0 Å². The topological polar surface area (TPSA) is 49.4 Å². The fraction of sp³-hybridized carbons (Fsp3) is 0.222. The van der Waals surface area contributed by atoms with E-state index >= 15 is 0 Å². The summed E-state index contributed by atoms with van der Waals surface area (Å²) in [5.41, 5.74) is 1.87. The minimum Gasteiger partial charge on any atom is -0.350 e. The zero-order valence-corrected chi connectivity index (χ0v) is 13.8. The number of nitrogens with zero attached hydrogens (tertiary/aromatic N) is 1. The molecule has 1 unspecified atom stereocenters. The highest BCUT2D eigenvalue weighted by Crippen LogP contribution is 2.33. The van der Waals surface area contributed by atoms with Gasteiger partial charge in [0.2, 0.25) is 5.91 Å². The van der Waals surface area contributed by atoms with Gasteiger partial charge in [-0.1, -0.05) is 35.9 Å². The summed E-state index contributed by atoms with van der Waals surface area (Å²) in [6.45, 7) is 2.44. The molecule has 0 saturated carbocycles. The predicted molar refractivity (Wildman–Crippen MR) is 89.2 cm³/mol. The maximum Gasteiger partial charge on any atom is 0.255 e. The van der Waals surface area contributed by atoms with Gasteiger partial charge in [0.25, 0.3) is 5.91 Å². The number of carbonyl (C=O) groups is 2. The predicted octanol–water partition coefficient (Wildman–Crippen LogP) is 3.31. The molecule has 4 nitrogen and oxygen atoms in total. The molecule has 124 valence electrons. The number of benzene rings is 2. The van der Waals surface area contributed by atoms with Crippen molar-refractivity contribution in [2.45, 2.75) is 19.5 Å². The Morgan fingerprint density at radius 3 is 2.75 bits per heavy atom. The monoisotopic (exact) mass is 346 g/mol. The smallest absolute Gasteiger partial charge is 0.255 e. The molecule has 2 amide bonds. The Morgan fingerprint density at radius 2 is 2.04 bits per heavy atom. The highest BCUT2D eigenvalue weighted by atomic mass is 35.5. The third kappa shape index (κ3) is 2.87. The first-order valence-electron chi connectivity index (χ1n) is 7.64. The number of likely N-dealkylation sites (N-methyl/N-ethyl adjacent to an activating group) is 1. The molecule has 1 aliphatic heterocycles. The normalized spacial score (nSPS) is 16.2. The van der Waals surface area contributed by atoms with E-state index in [1.807, 2.05) is 13.0 Å². The van der Waals surface area contributed by atoms with Crippen molar-refractivity contribution in [3.8, 4) is 0 Å². The van der Waals surface area contributed by atoms with Crippen LogP contribution in [0.4, 0.5) is 4.39 Å². The molecule has 2 aromatic rings. The van der Waals surface area contributed by atoms with E-state index in [9.17, 15) is 14.0 Å². The van der Waals surface area contributed by atoms with Crippen molar-refractivity contribution in [3.63, 3.8) is 0 Å². The lowest BCUT2D eigenvalue weighted by molar-refractivity contribution is -0.125. The highest BCUT2D eigenvalue weighted by Gasteiger charge is 2.39. The van der Waals surface area contributed by atoms with Gasteiger partial charge in [-0.15, -0.1) is 0 Å². The lowest BCUT2D eigenvalue weighted by Crippen LogP contribution is -2.38. The van der Waals surface area contributed by atoms with E-state index in [4.69, 9.17) is 11.6 Å². The third-order valence-electron chi connectivity index (χ3n) is 4.12. The summed E-state index contributed by atoms with van der Waals surface area (Å²) in [7, 11) is 0. The van der Waals surface area contributed by atoms with Crippen molar-refractivity contribution in [1.29, 1.82) is 0 Å². The fourth-order valence-corrected chi connectivity index (χ4v) is 3.16. The van der Waals surface area contributed by atoms with Crippen LogP contribution in [0.25, 0.3) is 0 Å². The standard InChI is InChI=1S/C18H16ClFN2O2/c1-2-22-16(13-5-3-4-6-14(13)18(22)24)17(23)21-10-11-7-8-12(20)9-15(11)19/h3-9,16H,2,10H2,1H3,(H,21,23). The van der Waals surface area contributed by atoms with Crippen LogP contribution in [0.2, 0.25) is 5.02 Å². The number of hydrogen-bond donors (Lipinski definition) is 1. The maximum absolute atomic E-state index is 13.1. The number of hydrogen-bond acceptors (Lipinski definition) is 2. The van der Waals surface area contributed by atoms with Crippen LogP contribution in [0.3, 0.4) is 0 Å². The van der Waals surface area contributed by atoms with E-state index in [2.05, 4.69) is 5.32 Å². The van der Waals surface area contributed by atoms with Crippen LogP contribution < -0.4 is 5.32 Å². The SMILES string of the molecule is CCN1C(=O)c2ccccc2C1C(=O)NCc1ccc(F)cc1Cl. The van der Waals surface area contributed by atoms with Crippen LogP contribution >= 0.6 is 11.6 Å². The third-order valence-corrected chi connectivity index (χ3v) is 4.47. The molecule has 1 aliphatic rings. The average molecular weight is 347 g/mol. The second-order valence-electron chi connectivity index (χ2n) is 5.53. The van der Waals surface area contributed by atoms with Crippen molar-refractivity contribution in [3.05, 3.63) is 70.0 Å². The number of fused-ring (bicyclic) bond motifs is 1. The van der Waals surface area contributed by atoms with Crippen LogP contribution in [0.5, 0.6) is 0 Å². The molecule has 1 atom stereocenters. The number of nitrogens with one attached hydrogen (secondary N) is 1. The van der Waals surface area contributed by atoms with Crippen LogP contribution in [-0.2, 0) is 11.3 Å². The van der Waals surface area contributed by atoms with Gasteiger partial charge in [0.1, 0.15) is 11.9 Å². The van der Waals surface area contributed by atoms with Crippen LogP contribution in [0.1, 0.15) is 34.5 Å². The first-order valence-corrected chi connectivity index (χ1v) is 8.02. The van der Waals surface area contributed by atoms with Gasteiger partial charge in [0.05, 0.1) is 0 Å². The summed E-state index contributed by atoms with van der Waals surface area (Å²) in [4.78, 5) is 26.6. The summed E-state index contributed by atoms with van der Waals surface area (Å²) in [6, 6.07) is 10.5. The Morgan fingerprint density at radius 1 is 1.29 bits per heavy atom. The molecule has 6 heteroatoms. The average Bonchev–Trinajstić information content (AvgIpc) is 2.86. The van der Waals surface area contributed by atoms with Gasteiger partial charge in [-0.05, 0) is 36.2 Å². The molecule has 0 bridgehead atoms. The van der Waals surface area contributed by atoms with E-state index in [0.29, 0.717) is 23.2 Å². The highest BCUT2D eigenvalue weighted by molar-refractivity contribution is 6.31. The lowest BCUT2D eigenvalue weighted by atomic mass is 10.0. The molecular formula is C18H16ClFN2O2.